The summed E-state index contributed by atoms with van der Waals surface area (Å²) < 4.78 is 0. The average Bonchev–Trinajstić information content (AvgIpc) is 2.49. The highest BCUT2D eigenvalue weighted by molar-refractivity contribution is 5.63. The second-order valence-corrected chi connectivity index (χ2v) is 5.86. The van der Waals surface area contributed by atoms with Crippen LogP contribution in [0, 0.1) is 11.8 Å². The summed E-state index contributed by atoms with van der Waals surface area (Å²) in [5.41, 5.74) is 3.92. The molecule has 1 N–H and O–H groups in total. The zero-order valence-electron chi connectivity index (χ0n) is 12.9. The van der Waals surface area contributed by atoms with Crippen molar-refractivity contribution in [2.24, 2.45) is 11.8 Å². The van der Waals surface area contributed by atoms with E-state index < -0.39 is 0 Å². The molecule has 0 saturated heterocycles. The van der Waals surface area contributed by atoms with E-state index in [0.717, 1.165) is 0 Å². The molecule has 1 heteroatoms. The van der Waals surface area contributed by atoms with Crippen LogP contribution in [0.15, 0.2) is 54.6 Å². The Morgan fingerprint density at radius 2 is 1.30 bits per heavy atom. The van der Waals surface area contributed by atoms with E-state index in [9.17, 15) is 0 Å². The lowest BCUT2D eigenvalue weighted by molar-refractivity contribution is 0.317. The first-order valence-electron chi connectivity index (χ1n) is 7.46. The Hall–Kier alpha value is -1.60. The maximum absolute atomic E-state index is 3.46. The van der Waals surface area contributed by atoms with Gasteiger partial charge in [-0.25, -0.2) is 0 Å². The number of benzene rings is 2. The average molecular weight is 267 g/mol. The van der Waals surface area contributed by atoms with Crippen LogP contribution in [0.5, 0.6) is 0 Å². The normalized spacial score (nSPS) is 14.2. The lowest BCUT2D eigenvalue weighted by Crippen LogP contribution is -2.26. The molecule has 0 saturated carbocycles. The molecule has 0 fully saturated rings. The fourth-order valence-corrected chi connectivity index (χ4v) is 2.63. The maximum atomic E-state index is 3.46. The Morgan fingerprint density at radius 3 is 1.80 bits per heavy atom. The largest absolute Gasteiger partial charge is 0.313 e. The van der Waals surface area contributed by atoms with Crippen molar-refractivity contribution in [3.05, 3.63) is 60.2 Å². The first kappa shape index (κ1) is 14.8. The van der Waals surface area contributed by atoms with Gasteiger partial charge in [-0.15, -0.1) is 0 Å². The Balaban J connectivity index is 2.23. The number of hydrogen-bond acceptors (Lipinski definition) is 1. The predicted octanol–water partition coefficient (Wildman–Crippen LogP) is 4.91. The van der Waals surface area contributed by atoms with Crippen LogP contribution in [0.4, 0.5) is 0 Å². The Labute approximate surface area is 123 Å². The van der Waals surface area contributed by atoms with Crippen LogP contribution >= 0.6 is 0 Å². The fraction of sp³-hybridized carbons (Fsp3) is 0.368. The van der Waals surface area contributed by atoms with Gasteiger partial charge in [0.05, 0.1) is 0 Å². The lowest BCUT2D eigenvalue weighted by Gasteiger charge is -2.27. The van der Waals surface area contributed by atoms with Gasteiger partial charge in [-0.2, -0.15) is 0 Å². The molecule has 2 atom stereocenters. The van der Waals surface area contributed by atoms with E-state index in [0.29, 0.717) is 17.9 Å². The molecule has 0 bridgehead atoms. The second kappa shape index (κ2) is 6.71. The minimum atomic E-state index is 0.417. The van der Waals surface area contributed by atoms with Crippen molar-refractivity contribution in [3.63, 3.8) is 0 Å². The summed E-state index contributed by atoms with van der Waals surface area (Å²) in [4.78, 5) is 0. The first-order chi connectivity index (χ1) is 9.63. The zero-order chi connectivity index (χ0) is 14.5. The topological polar surface area (TPSA) is 12.0 Å². The number of hydrogen-bond donors (Lipinski definition) is 1. The van der Waals surface area contributed by atoms with E-state index in [1.165, 1.54) is 16.7 Å². The molecule has 0 aliphatic rings. The third-order valence-electron chi connectivity index (χ3n) is 4.27. The van der Waals surface area contributed by atoms with E-state index in [1.54, 1.807) is 0 Å². The summed E-state index contributed by atoms with van der Waals surface area (Å²) in [5.74, 6) is 1.28. The summed E-state index contributed by atoms with van der Waals surface area (Å²) in [6.07, 6.45) is 0. The van der Waals surface area contributed by atoms with Gasteiger partial charge in [0, 0.05) is 6.04 Å². The van der Waals surface area contributed by atoms with Gasteiger partial charge < -0.3 is 5.32 Å². The summed E-state index contributed by atoms with van der Waals surface area (Å²) in [5, 5.41) is 3.46. The van der Waals surface area contributed by atoms with Crippen LogP contribution in [0.1, 0.15) is 32.4 Å². The van der Waals surface area contributed by atoms with Gasteiger partial charge in [0.25, 0.3) is 0 Å². The molecule has 0 aliphatic heterocycles. The van der Waals surface area contributed by atoms with Crippen LogP contribution in [0.25, 0.3) is 11.1 Å². The van der Waals surface area contributed by atoms with Gasteiger partial charge in [-0.3, -0.25) is 0 Å². The van der Waals surface area contributed by atoms with E-state index in [2.05, 4.69) is 87.7 Å². The van der Waals surface area contributed by atoms with Crippen LogP contribution in [-0.2, 0) is 0 Å². The Kier molecular flexibility index (Phi) is 4.97. The van der Waals surface area contributed by atoms with Crippen molar-refractivity contribution < 1.29 is 0 Å². The Bertz CT molecular complexity index is 513. The van der Waals surface area contributed by atoms with Gasteiger partial charge in [-0.1, -0.05) is 75.4 Å². The van der Waals surface area contributed by atoms with E-state index in [1.807, 2.05) is 0 Å². The molecule has 0 aromatic heterocycles. The molecule has 2 unspecified atom stereocenters. The van der Waals surface area contributed by atoms with Crippen molar-refractivity contribution in [2.45, 2.75) is 26.8 Å². The summed E-state index contributed by atoms with van der Waals surface area (Å²) in [7, 11) is 2.05. The molecule has 1 nitrogen and oxygen atoms in total. The second-order valence-electron chi connectivity index (χ2n) is 5.86. The third-order valence-corrected chi connectivity index (χ3v) is 4.27. The highest BCUT2D eigenvalue weighted by Crippen LogP contribution is 2.29. The first-order valence-corrected chi connectivity index (χ1v) is 7.46. The standard InChI is InChI=1S/C19H25N/c1-14(2)15(3)19(20-4)18-12-10-17(11-13-18)16-8-6-5-7-9-16/h5-15,19-20H,1-4H3. The van der Waals surface area contributed by atoms with Crippen LogP contribution in [0.3, 0.4) is 0 Å². The minimum Gasteiger partial charge on any atom is -0.313 e. The molecule has 106 valence electrons. The van der Waals surface area contributed by atoms with Crippen LogP contribution in [0.2, 0.25) is 0 Å². The monoisotopic (exact) mass is 267 g/mol. The van der Waals surface area contributed by atoms with Crippen LogP contribution < -0.4 is 5.32 Å². The third kappa shape index (κ3) is 3.29. The SMILES string of the molecule is CNC(c1ccc(-c2ccccc2)cc1)C(C)C(C)C. The van der Waals surface area contributed by atoms with E-state index in [4.69, 9.17) is 0 Å². The summed E-state index contributed by atoms with van der Waals surface area (Å²) >= 11 is 0. The zero-order valence-corrected chi connectivity index (χ0v) is 12.9. The van der Waals surface area contributed by atoms with Crippen molar-refractivity contribution in [2.75, 3.05) is 7.05 Å². The van der Waals surface area contributed by atoms with Crippen molar-refractivity contribution in [1.82, 2.24) is 5.32 Å². The molecule has 2 rings (SSSR count). The minimum absolute atomic E-state index is 0.417. The molecule has 0 amide bonds. The highest BCUT2D eigenvalue weighted by atomic mass is 14.9. The maximum Gasteiger partial charge on any atom is 0.0345 e. The molecule has 2 aromatic carbocycles. The van der Waals surface area contributed by atoms with Crippen LogP contribution in [-0.4, -0.2) is 7.05 Å². The van der Waals surface area contributed by atoms with Gasteiger partial charge in [-0.05, 0) is 35.6 Å². The molecular formula is C19H25N. The molecule has 0 heterocycles. The summed E-state index contributed by atoms with van der Waals surface area (Å²) in [6, 6.07) is 19.9. The summed E-state index contributed by atoms with van der Waals surface area (Å²) in [6.45, 7) is 6.89. The van der Waals surface area contributed by atoms with Crippen molar-refractivity contribution >= 4 is 0 Å². The number of nitrogens with one attached hydrogen (secondary N) is 1. The van der Waals surface area contributed by atoms with Gasteiger partial charge in [0.1, 0.15) is 0 Å². The predicted molar refractivity (Wildman–Crippen MR) is 87.7 cm³/mol. The smallest absolute Gasteiger partial charge is 0.0345 e. The highest BCUT2D eigenvalue weighted by Gasteiger charge is 2.20. The van der Waals surface area contributed by atoms with Crippen molar-refractivity contribution in [3.8, 4) is 11.1 Å². The van der Waals surface area contributed by atoms with E-state index in [-0.39, 0.29) is 0 Å². The lowest BCUT2D eigenvalue weighted by atomic mass is 9.85. The van der Waals surface area contributed by atoms with E-state index >= 15 is 0 Å². The molecule has 0 aliphatic carbocycles. The molecule has 2 aromatic rings. The molecule has 20 heavy (non-hydrogen) atoms. The quantitative estimate of drug-likeness (QED) is 0.812. The molecular weight excluding hydrogens is 242 g/mol. The fourth-order valence-electron chi connectivity index (χ4n) is 2.63. The Morgan fingerprint density at radius 1 is 0.750 bits per heavy atom. The molecule has 0 radical (unpaired) electrons. The number of rotatable bonds is 5. The van der Waals surface area contributed by atoms with Gasteiger partial charge in [0.15, 0.2) is 0 Å². The van der Waals surface area contributed by atoms with Gasteiger partial charge in [0.2, 0.25) is 0 Å². The van der Waals surface area contributed by atoms with Crippen molar-refractivity contribution in [1.29, 1.82) is 0 Å². The van der Waals surface area contributed by atoms with Gasteiger partial charge >= 0.3 is 0 Å². The molecule has 0 spiro atoms.